The topological polar surface area (TPSA) is 66.9 Å². The van der Waals surface area contributed by atoms with Gasteiger partial charge >= 0.3 is 12.0 Å². The van der Waals surface area contributed by atoms with E-state index >= 15 is 4.39 Å². The number of imide groups is 1. The number of ether oxygens (including phenoxy) is 1. The smallest absolute Gasteiger partial charge is 0.326 e. The average molecular weight is 344 g/mol. The fourth-order valence-electron chi connectivity index (χ4n) is 4.75. The molecule has 0 aromatic heterocycles. The number of carbonyl (C=O) groups excluding carboxylic acids is 3. The van der Waals surface area contributed by atoms with Gasteiger partial charge in [-0.3, -0.25) is 14.5 Å². The number of hydrogen-bond acceptors (Lipinski definition) is 4. The molecule has 1 saturated carbocycles. The van der Waals surface area contributed by atoms with Crippen molar-refractivity contribution in [2.45, 2.75) is 17.6 Å². The van der Waals surface area contributed by atoms with Crippen LogP contribution in [-0.2, 0) is 14.3 Å². The van der Waals surface area contributed by atoms with Gasteiger partial charge in [-0.05, 0) is 11.1 Å². The number of alkyl halides is 1. The van der Waals surface area contributed by atoms with Crippen molar-refractivity contribution in [3.63, 3.8) is 0 Å². The minimum atomic E-state index is -2.38. The monoisotopic (exact) mass is 344 g/mol. The highest BCUT2D eigenvalue weighted by Crippen LogP contribution is 2.68. The standard InChI is InChI=1S/C18H17FN2O4/c1-20-13-17(15(23)25-3)9-8-10-6-4-5-7-11(10)12(17)18(13,19)14(22)21(2)16(20)24/h4-9,12-13H,1-3H3/t12-,13+,17-,18+/m0/s1. The Kier molecular flexibility index (Phi) is 2.96. The molecule has 1 heterocycles. The van der Waals surface area contributed by atoms with E-state index in [0.717, 1.165) is 15.4 Å². The van der Waals surface area contributed by atoms with E-state index in [0.29, 0.717) is 5.56 Å². The summed E-state index contributed by atoms with van der Waals surface area (Å²) in [6.45, 7) is 0. The molecule has 3 aliphatic rings. The first-order valence-corrected chi connectivity index (χ1v) is 7.92. The first-order valence-electron chi connectivity index (χ1n) is 7.92. The number of methoxy groups -OCH3 is 1. The molecule has 7 heteroatoms. The minimum absolute atomic E-state index is 0.568. The van der Waals surface area contributed by atoms with Crippen molar-refractivity contribution in [2.24, 2.45) is 5.41 Å². The Morgan fingerprint density at radius 3 is 2.60 bits per heavy atom. The first-order chi connectivity index (χ1) is 11.8. The predicted octanol–water partition coefficient (Wildman–Crippen LogP) is 1.57. The maximum absolute atomic E-state index is 16.1. The molecule has 1 aromatic carbocycles. The fraction of sp³-hybridized carbons (Fsp3) is 0.389. The van der Waals surface area contributed by atoms with E-state index in [1.54, 1.807) is 36.4 Å². The highest BCUT2D eigenvalue weighted by molar-refractivity contribution is 6.08. The number of hydrogen-bond donors (Lipinski definition) is 0. The normalized spacial score (nSPS) is 35.5. The van der Waals surface area contributed by atoms with Crippen molar-refractivity contribution in [3.05, 3.63) is 41.5 Å². The molecular formula is C18H17FN2O4. The number of urea groups is 1. The highest BCUT2D eigenvalue weighted by Gasteiger charge is 2.83. The molecule has 4 atom stereocenters. The van der Waals surface area contributed by atoms with Crippen LogP contribution in [0.2, 0.25) is 0 Å². The summed E-state index contributed by atoms with van der Waals surface area (Å²) in [6, 6.07) is 5.18. The lowest BCUT2D eigenvalue weighted by Gasteiger charge is -2.66. The van der Waals surface area contributed by atoms with Crippen LogP contribution in [-0.4, -0.2) is 60.6 Å². The van der Waals surface area contributed by atoms with Crippen LogP contribution in [0.5, 0.6) is 0 Å². The van der Waals surface area contributed by atoms with E-state index in [4.69, 9.17) is 4.74 Å². The maximum atomic E-state index is 16.1. The van der Waals surface area contributed by atoms with Crippen LogP contribution in [0.1, 0.15) is 17.0 Å². The summed E-state index contributed by atoms with van der Waals surface area (Å²) < 4.78 is 21.1. The Labute approximate surface area is 143 Å². The van der Waals surface area contributed by atoms with E-state index in [1.807, 2.05) is 0 Å². The summed E-state index contributed by atoms with van der Waals surface area (Å²) in [7, 11) is 3.88. The number of fused-ring (bicyclic) bond motifs is 6. The summed E-state index contributed by atoms with van der Waals surface area (Å²) >= 11 is 0. The molecule has 3 amide bonds. The predicted molar refractivity (Wildman–Crippen MR) is 86.2 cm³/mol. The second-order valence-electron chi connectivity index (χ2n) is 6.75. The van der Waals surface area contributed by atoms with Crippen molar-refractivity contribution in [1.29, 1.82) is 0 Å². The summed E-state index contributed by atoms with van der Waals surface area (Å²) in [5.74, 6) is -2.61. The van der Waals surface area contributed by atoms with Crippen molar-refractivity contribution in [3.8, 4) is 0 Å². The Bertz CT molecular complexity index is 853. The van der Waals surface area contributed by atoms with Crippen LogP contribution in [0.25, 0.3) is 6.08 Å². The molecule has 1 aromatic rings. The summed E-state index contributed by atoms with van der Waals surface area (Å²) in [4.78, 5) is 39.6. The van der Waals surface area contributed by atoms with E-state index in [-0.39, 0.29) is 0 Å². The van der Waals surface area contributed by atoms with Gasteiger partial charge in [0.1, 0.15) is 5.41 Å². The molecule has 0 bridgehead atoms. The lowest BCUT2D eigenvalue weighted by atomic mass is 9.43. The first kappa shape index (κ1) is 15.8. The zero-order valence-corrected chi connectivity index (χ0v) is 14.0. The number of carbonyl (C=O) groups is 3. The van der Waals surface area contributed by atoms with Crippen LogP contribution in [0.15, 0.2) is 30.3 Å². The number of nitrogens with zero attached hydrogens (tertiary/aromatic N) is 2. The van der Waals surface area contributed by atoms with Gasteiger partial charge in [-0.1, -0.05) is 36.4 Å². The zero-order valence-electron chi connectivity index (χ0n) is 14.0. The van der Waals surface area contributed by atoms with E-state index in [2.05, 4.69) is 0 Å². The van der Waals surface area contributed by atoms with E-state index < -0.39 is 41.0 Å². The van der Waals surface area contributed by atoms with Gasteiger partial charge in [-0.15, -0.1) is 0 Å². The fourth-order valence-corrected chi connectivity index (χ4v) is 4.75. The molecule has 4 rings (SSSR count). The largest absolute Gasteiger partial charge is 0.468 e. The third-order valence-electron chi connectivity index (χ3n) is 5.74. The molecule has 2 aliphatic carbocycles. The molecule has 25 heavy (non-hydrogen) atoms. The molecule has 0 radical (unpaired) electrons. The summed E-state index contributed by atoms with van der Waals surface area (Å²) in [5.41, 5.74) is -2.48. The van der Waals surface area contributed by atoms with Crippen LogP contribution < -0.4 is 0 Å². The van der Waals surface area contributed by atoms with Crippen molar-refractivity contribution in [2.75, 3.05) is 21.2 Å². The summed E-state index contributed by atoms with van der Waals surface area (Å²) in [5, 5.41) is 0. The Morgan fingerprint density at radius 1 is 1.24 bits per heavy atom. The van der Waals surface area contributed by atoms with Gasteiger partial charge in [0.2, 0.25) is 5.67 Å². The van der Waals surface area contributed by atoms with Crippen molar-refractivity contribution in [1.82, 2.24) is 9.80 Å². The second-order valence-corrected chi connectivity index (χ2v) is 6.75. The molecule has 130 valence electrons. The molecule has 0 N–H and O–H groups in total. The SMILES string of the molecule is COC(=O)[C@@]12C=Cc3ccccc3[C@@H]1[C@]1(F)C(=O)N(C)C(=O)N(C)[C@@H]12. The molecule has 6 nitrogen and oxygen atoms in total. The quantitative estimate of drug-likeness (QED) is 0.726. The van der Waals surface area contributed by atoms with Crippen molar-refractivity contribution >= 4 is 24.0 Å². The number of rotatable bonds is 1. The number of benzene rings is 1. The molecule has 1 saturated heterocycles. The van der Waals surface area contributed by atoms with Crippen LogP contribution in [0.3, 0.4) is 0 Å². The van der Waals surface area contributed by atoms with Crippen LogP contribution >= 0.6 is 0 Å². The third-order valence-corrected chi connectivity index (χ3v) is 5.74. The van der Waals surface area contributed by atoms with Gasteiger partial charge in [0.15, 0.2) is 0 Å². The van der Waals surface area contributed by atoms with E-state index in [9.17, 15) is 14.4 Å². The highest BCUT2D eigenvalue weighted by atomic mass is 19.1. The Hall–Kier alpha value is -2.70. The van der Waals surface area contributed by atoms with Gasteiger partial charge < -0.3 is 9.64 Å². The average Bonchev–Trinajstić information content (AvgIpc) is 2.62. The van der Waals surface area contributed by atoms with Gasteiger partial charge in [-0.25, -0.2) is 9.18 Å². The van der Waals surface area contributed by atoms with Crippen LogP contribution in [0.4, 0.5) is 9.18 Å². The number of amides is 3. The van der Waals surface area contributed by atoms with Crippen LogP contribution in [0, 0.1) is 5.41 Å². The minimum Gasteiger partial charge on any atom is -0.468 e. The lowest BCUT2D eigenvalue weighted by Crippen LogP contribution is -2.84. The Morgan fingerprint density at radius 2 is 1.92 bits per heavy atom. The van der Waals surface area contributed by atoms with Gasteiger partial charge in [0, 0.05) is 14.1 Å². The molecule has 0 spiro atoms. The maximum Gasteiger partial charge on any atom is 0.326 e. The second kappa shape index (κ2) is 4.68. The lowest BCUT2D eigenvalue weighted by molar-refractivity contribution is -0.206. The molecular weight excluding hydrogens is 327 g/mol. The van der Waals surface area contributed by atoms with Gasteiger partial charge in [-0.2, -0.15) is 0 Å². The van der Waals surface area contributed by atoms with E-state index in [1.165, 1.54) is 21.2 Å². The van der Waals surface area contributed by atoms with Gasteiger partial charge in [0.25, 0.3) is 5.91 Å². The van der Waals surface area contributed by atoms with Gasteiger partial charge in [0.05, 0.1) is 19.1 Å². The molecule has 2 fully saturated rings. The van der Waals surface area contributed by atoms with Crippen molar-refractivity contribution < 1.29 is 23.5 Å². The number of halogens is 1. The molecule has 1 aliphatic heterocycles. The third kappa shape index (κ3) is 1.52. The Balaban J connectivity index is 1.99. The zero-order chi connectivity index (χ0) is 18.1. The molecule has 0 unspecified atom stereocenters. The summed E-state index contributed by atoms with van der Waals surface area (Å²) in [6.07, 6.45) is 3.31. The number of esters is 1.